The first-order chi connectivity index (χ1) is 11.7. The van der Waals surface area contributed by atoms with Crippen molar-refractivity contribution in [2.75, 3.05) is 12.1 Å². The Kier molecular flexibility index (Phi) is 3.61. The van der Waals surface area contributed by atoms with Gasteiger partial charge < -0.3 is 19.4 Å². The number of ether oxygens (including phenoxy) is 2. The van der Waals surface area contributed by atoms with Crippen molar-refractivity contribution in [1.29, 1.82) is 0 Å². The average Bonchev–Trinajstić information content (AvgIpc) is 3.21. The molecule has 5 heteroatoms. The van der Waals surface area contributed by atoms with Gasteiger partial charge in [-0.15, -0.1) is 0 Å². The van der Waals surface area contributed by atoms with E-state index in [1.807, 2.05) is 22.9 Å². The molecule has 0 radical (unpaired) electrons. The molecule has 4 rings (SSSR count). The van der Waals surface area contributed by atoms with E-state index >= 15 is 0 Å². The summed E-state index contributed by atoms with van der Waals surface area (Å²) in [5.74, 6) is 1.29. The topological polar surface area (TPSA) is 52.5 Å². The van der Waals surface area contributed by atoms with Crippen molar-refractivity contribution in [3.05, 3.63) is 54.2 Å². The molecule has 3 aromatic rings. The maximum absolute atomic E-state index is 12.3. The van der Waals surface area contributed by atoms with E-state index in [2.05, 4.69) is 30.4 Å². The van der Waals surface area contributed by atoms with Crippen LogP contribution >= 0.6 is 0 Å². The van der Waals surface area contributed by atoms with Crippen molar-refractivity contribution in [3.8, 4) is 11.5 Å². The van der Waals surface area contributed by atoms with Gasteiger partial charge in [0, 0.05) is 23.5 Å². The molecule has 1 N–H and O–H groups in total. The molecule has 0 unspecified atom stereocenters. The SMILES string of the molecule is CCc1ccc2c(ccn2CC(=O)Nc2ccc3c(c2)OCO3)c1. The lowest BCUT2D eigenvalue weighted by Crippen LogP contribution is -2.18. The number of aryl methyl sites for hydroxylation is 1. The molecule has 1 amide bonds. The predicted molar refractivity (Wildman–Crippen MR) is 92.5 cm³/mol. The Morgan fingerprint density at radius 1 is 1.12 bits per heavy atom. The van der Waals surface area contributed by atoms with Crippen molar-refractivity contribution in [3.63, 3.8) is 0 Å². The molecular weight excluding hydrogens is 304 g/mol. The highest BCUT2D eigenvalue weighted by Crippen LogP contribution is 2.34. The number of carbonyl (C=O) groups is 1. The summed E-state index contributed by atoms with van der Waals surface area (Å²) in [7, 11) is 0. The molecule has 0 atom stereocenters. The third-order valence-electron chi connectivity index (χ3n) is 4.21. The highest BCUT2D eigenvalue weighted by atomic mass is 16.7. The number of benzene rings is 2. The number of amides is 1. The van der Waals surface area contributed by atoms with E-state index in [1.165, 1.54) is 5.56 Å². The van der Waals surface area contributed by atoms with Gasteiger partial charge >= 0.3 is 0 Å². The Morgan fingerprint density at radius 2 is 2.00 bits per heavy atom. The van der Waals surface area contributed by atoms with E-state index in [9.17, 15) is 4.79 Å². The predicted octanol–water partition coefficient (Wildman–Crippen LogP) is 3.57. The summed E-state index contributed by atoms with van der Waals surface area (Å²) in [6.07, 6.45) is 2.95. The van der Waals surface area contributed by atoms with E-state index in [0.717, 1.165) is 17.3 Å². The van der Waals surface area contributed by atoms with Crippen LogP contribution in [-0.2, 0) is 17.8 Å². The highest BCUT2D eigenvalue weighted by Gasteiger charge is 2.14. The van der Waals surface area contributed by atoms with Gasteiger partial charge in [0.05, 0.1) is 0 Å². The van der Waals surface area contributed by atoms with Crippen molar-refractivity contribution < 1.29 is 14.3 Å². The number of aromatic nitrogens is 1. The fourth-order valence-corrected chi connectivity index (χ4v) is 2.94. The van der Waals surface area contributed by atoms with Crippen LogP contribution in [0.25, 0.3) is 10.9 Å². The lowest BCUT2D eigenvalue weighted by molar-refractivity contribution is -0.116. The summed E-state index contributed by atoms with van der Waals surface area (Å²) >= 11 is 0. The molecular formula is C19H18N2O3. The summed E-state index contributed by atoms with van der Waals surface area (Å²) in [5, 5.41) is 4.06. The van der Waals surface area contributed by atoms with Crippen molar-refractivity contribution in [1.82, 2.24) is 4.57 Å². The Hall–Kier alpha value is -2.95. The number of hydrogen-bond donors (Lipinski definition) is 1. The number of nitrogens with one attached hydrogen (secondary N) is 1. The number of carbonyl (C=O) groups excluding carboxylic acids is 1. The lowest BCUT2D eigenvalue weighted by atomic mass is 10.1. The second kappa shape index (κ2) is 5.92. The van der Waals surface area contributed by atoms with Crippen LogP contribution in [0.3, 0.4) is 0 Å². The van der Waals surface area contributed by atoms with Crippen molar-refractivity contribution in [2.45, 2.75) is 19.9 Å². The summed E-state index contributed by atoms with van der Waals surface area (Å²) in [6.45, 7) is 2.63. The van der Waals surface area contributed by atoms with Crippen molar-refractivity contribution >= 4 is 22.5 Å². The molecule has 1 aliphatic heterocycles. The van der Waals surface area contributed by atoms with Crippen LogP contribution in [0.4, 0.5) is 5.69 Å². The fourth-order valence-electron chi connectivity index (χ4n) is 2.94. The van der Waals surface area contributed by atoms with Gasteiger partial charge in [-0.2, -0.15) is 0 Å². The number of anilines is 1. The van der Waals surface area contributed by atoms with Crippen LogP contribution in [-0.4, -0.2) is 17.3 Å². The van der Waals surface area contributed by atoms with Gasteiger partial charge in [-0.1, -0.05) is 13.0 Å². The molecule has 1 aromatic heterocycles. The van der Waals surface area contributed by atoms with Gasteiger partial charge in [-0.3, -0.25) is 4.79 Å². The first kappa shape index (κ1) is 14.6. The van der Waals surface area contributed by atoms with Crippen molar-refractivity contribution in [2.24, 2.45) is 0 Å². The Morgan fingerprint density at radius 3 is 2.88 bits per heavy atom. The maximum Gasteiger partial charge on any atom is 0.244 e. The molecule has 122 valence electrons. The van der Waals surface area contributed by atoms with Gasteiger partial charge in [0.25, 0.3) is 0 Å². The molecule has 24 heavy (non-hydrogen) atoms. The molecule has 2 heterocycles. The summed E-state index contributed by atoms with van der Waals surface area (Å²) in [4.78, 5) is 12.3. The second-order valence-corrected chi connectivity index (χ2v) is 5.81. The maximum atomic E-state index is 12.3. The quantitative estimate of drug-likeness (QED) is 0.799. The molecule has 0 saturated heterocycles. The summed E-state index contributed by atoms with van der Waals surface area (Å²) in [6, 6.07) is 13.8. The largest absolute Gasteiger partial charge is 0.454 e. The fraction of sp³-hybridized carbons (Fsp3) is 0.211. The van der Waals surface area contributed by atoms with Gasteiger partial charge in [-0.25, -0.2) is 0 Å². The molecule has 0 spiro atoms. The van der Waals surface area contributed by atoms with Crippen LogP contribution in [0, 0.1) is 0 Å². The molecule has 5 nitrogen and oxygen atoms in total. The minimum absolute atomic E-state index is 0.0778. The zero-order valence-electron chi connectivity index (χ0n) is 13.4. The van der Waals surface area contributed by atoms with E-state index in [4.69, 9.17) is 9.47 Å². The standard InChI is InChI=1S/C19H18N2O3/c1-2-13-3-5-16-14(9-13)7-8-21(16)11-19(22)20-15-4-6-17-18(10-15)24-12-23-17/h3-10H,2,11-12H2,1H3,(H,20,22). The first-order valence-electron chi connectivity index (χ1n) is 8.00. The van der Waals surface area contributed by atoms with E-state index in [-0.39, 0.29) is 19.2 Å². The van der Waals surface area contributed by atoms with Gasteiger partial charge in [0.2, 0.25) is 12.7 Å². The van der Waals surface area contributed by atoms with E-state index in [1.54, 1.807) is 12.1 Å². The average molecular weight is 322 g/mol. The van der Waals surface area contributed by atoms with Gasteiger partial charge in [0.1, 0.15) is 6.54 Å². The molecule has 0 fully saturated rings. The zero-order chi connectivity index (χ0) is 16.5. The molecule has 0 saturated carbocycles. The Labute approximate surface area is 139 Å². The first-order valence-corrected chi connectivity index (χ1v) is 8.00. The Bertz CT molecular complexity index is 914. The number of fused-ring (bicyclic) bond motifs is 2. The minimum atomic E-state index is -0.0778. The van der Waals surface area contributed by atoms with Crippen LogP contribution in [0.15, 0.2) is 48.7 Å². The molecule has 0 bridgehead atoms. The minimum Gasteiger partial charge on any atom is -0.454 e. The molecule has 0 aliphatic carbocycles. The van der Waals surface area contributed by atoms with E-state index < -0.39 is 0 Å². The van der Waals surface area contributed by atoms with Crippen LogP contribution in [0.2, 0.25) is 0 Å². The number of hydrogen-bond acceptors (Lipinski definition) is 3. The van der Waals surface area contributed by atoms with Crippen LogP contribution in [0.5, 0.6) is 11.5 Å². The lowest BCUT2D eigenvalue weighted by Gasteiger charge is -2.08. The highest BCUT2D eigenvalue weighted by molar-refractivity contribution is 5.92. The van der Waals surface area contributed by atoms with Crippen LogP contribution in [0.1, 0.15) is 12.5 Å². The second-order valence-electron chi connectivity index (χ2n) is 5.81. The summed E-state index contributed by atoms with van der Waals surface area (Å²) in [5.41, 5.74) is 3.06. The Balaban J connectivity index is 1.50. The number of nitrogens with zero attached hydrogens (tertiary/aromatic N) is 1. The molecule has 2 aromatic carbocycles. The zero-order valence-corrected chi connectivity index (χ0v) is 13.4. The van der Waals surface area contributed by atoms with Gasteiger partial charge in [0.15, 0.2) is 11.5 Å². The molecule has 1 aliphatic rings. The third kappa shape index (κ3) is 2.69. The number of rotatable bonds is 4. The summed E-state index contributed by atoms with van der Waals surface area (Å²) < 4.78 is 12.6. The normalized spacial score (nSPS) is 12.5. The smallest absolute Gasteiger partial charge is 0.244 e. The van der Waals surface area contributed by atoms with E-state index in [0.29, 0.717) is 17.2 Å². The third-order valence-corrected chi connectivity index (χ3v) is 4.21. The van der Waals surface area contributed by atoms with Crippen LogP contribution < -0.4 is 14.8 Å². The van der Waals surface area contributed by atoms with Gasteiger partial charge in [-0.05, 0) is 47.7 Å². The monoisotopic (exact) mass is 322 g/mol.